The monoisotopic (exact) mass is 266 g/mol. The van der Waals surface area contributed by atoms with Crippen LogP contribution in [0.25, 0.3) is 0 Å². The number of piperidine rings is 1. The van der Waals surface area contributed by atoms with Crippen LogP contribution >= 0.6 is 0 Å². The van der Waals surface area contributed by atoms with Crippen molar-refractivity contribution < 1.29 is 4.74 Å². The molecule has 0 unspecified atom stereocenters. The molecule has 0 aromatic carbocycles. The van der Waals surface area contributed by atoms with Crippen molar-refractivity contribution >= 4 is 5.95 Å². The van der Waals surface area contributed by atoms with Gasteiger partial charge in [0.25, 0.3) is 0 Å². The zero-order chi connectivity index (χ0) is 13.7. The molecule has 2 heterocycles. The summed E-state index contributed by atoms with van der Waals surface area (Å²) in [6.07, 6.45) is 5.53. The SMILES string of the molecule is COCCCn1cc(C)nc1NC1CCN(C)CC1. The summed E-state index contributed by atoms with van der Waals surface area (Å²) < 4.78 is 7.33. The Hall–Kier alpha value is -1.07. The van der Waals surface area contributed by atoms with Gasteiger partial charge in [0.1, 0.15) is 0 Å². The second kappa shape index (κ2) is 6.91. The van der Waals surface area contributed by atoms with Crippen LogP contribution < -0.4 is 5.32 Å². The third-order valence-corrected chi connectivity index (χ3v) is 3.70. The van der Waals surface area contributed by atoms with Gasteiger partial charge in [-0.1, -0.05) is 0 Å². The molecule has 1 N–H and O–H groups in total. The Balaban J connectivity index is 1.91. The number of hydrogen-bond donors (Lipinski definition) is 1. The average molecular weight is 266 g/mol. The Morgan fingerprint density at radius 1 is 1.42 bits per heavy atom. The van der Waals surface area contributed by atoms with E-state index < -0.39 is 0 Å². The van der Waals surface area contributed by atoms with E-state index in [9.17, 15) is 0 Å². The van der Waals surface area contributed by atoms with Gasteiger partial charge in [-0.05, 0) is 46.3 Å². The Morgan fingerprint density at radius 3 is 2.84 bits per heavy atom. The van der Waals surface area contributed by atoms with Gasteiger partial charge < -0.3 is 19.5 Å². The van der Waals surface area contributed by atoms with Crippen LogP contribution in [0.3, 0.4) is 0 Å². The van der Waals surface area contributed by atoms with E-state index in [0.29, 0.717) is 6.04 Å². The predicted molar refractivity (Wildman–Crippen MR) is 77.6 cm³/mol. The van der Waals surface area contributed by atoms with E-state index in [0.717, 1.165) is 31.2 Å². The fourth-order valence-electron chi connectivity index (χ4n) is 2.55. The highest BCUT2D eigenvalue weighted by Crippen LogP contribution is 2.16. The molecule has 0 atom stereocenters. The van der Waals surface area contributed by atoms with Crippen molar-refractivity contribution in [3.63, 3.8) is 0 Å². The first-order chi connectivity index (χ1) is 9.19. The summed E-state index contributed by atoms with van der Waals surface area (Å²) in [7, 11) is 3.93. The van der Waals surface area contributed by atoms with Gasteiger partial charge in [-0.25, -0.2) is 4.98 Å². The quantitative estimate of drug-likeness (QED) is 0.796. The lowest BCUT2D eigenvalue weighted by molar-refractivity contribution is 0.190. The summed E-state index contributed by atoms with van der Waals surface area (Å²) >= 11 is 0. The lowest BCUT2D eigenvalue weighted by atomic mass is 10.1. The zero-order valence-corrected chi connectivity index (χ0v) is 12.4. The summed E-state index contributed by atoms with van der Waals surface area (Å²) in [5.41, 5.74) is 1.08. The molecule has 1 aliphatic heterocycles. The van der Waals surface area contributed by atoms with Crippen molar-refractivity contribution in [2.24, 2.45) is 0 Å². The largest absolute Gasteiger partial charge is 0.385 e. The minimum absolute atomic E-state index is 0.555. The number of hydrogen-bond acceptors (Lipinski definition) is 4. The number of likely N-dealkylation sites (tertiary alicyclic amines) is 1. The van der Waals surface area contributed by atoms with Gasteiger partial charge in [0.05, 0.1) is 5.69 Å². The van der Waals surface area contributed by atoms with Crippen LogP contribution in [-0.4, -0.2) is 54.3 Å². The molecule has 0 spiro atoms. The maximum Gasteiger partial charge on any atom is 0.203 e. The summed E-state index contributed by atoms with van der Waals surface area (Å²) in [6, 6.07) is 0.555. The van der Waals surface area contributed by atoms with E-state index in [1.165, 1.54) is 25.9 Å². The smallest absolute Gasteiger partial charge is 0.203 e. The molecule has 108 valence electrons. The van der Waals surface area contributed by atoms with Gasteiger partial charge in [0.15, 0.2) is 0 Å². The summed E-state index contributed by atoms with van der Waals surface area (Å²) in [5, 5.41) is 3.60. The van der Waals surface area contributed by atoms with Crippen molar-refractivity contribution in [3.05, 3.63) is 11.9 Å². The van der Waals surface area contributed by atoms with Gasteiger partial charge >= 0.3 is 0 Å². The van der Waals surface area contributed by atoms with Crippen LogP contribution in [0.4, 0.5) is 5.95 Å². The minimum Gasteiger partial charge on any atom is -0.385 e. The molecule has 0 bridgehead atoms. The normalized spacial score (nSPS) is 17.8. The molecule has 0 radical (unpaired) electrons. The maximum absolute atomic E-state index is 5.11. The standard InChI is InChI=1S/C14H26N4O/c1-12-11-18(7-4-10-19-3)14(15-12)16-13-5-8-17(2)9-6-13/h11,13H,4-10H2,1-3H3,(H,15,16). The number of rotatable bonds is 6. The Morgan fingerprint density at radius 2 is 2.16 bits per heavy atom. The van der Waals surface area contributed by atoms with Crippen LogP contribution in [0.1, 0.15) is 25.0 Å². The first-order valence-electron chi connectivity index (χ1n) is 7.17. The first-order valence-corrected chi connectivity index (χ1v) is 7.17. The Labute approximate surface area is 116 Å². The molecule has 0 amide bonds. The summed E-state index contributed by atoms with van der Waals surface area (Å²) in [5.74, 6) is 1.02. The van der Waals surface area contributed by atoms with Crippen molar-refractivity contribution in [2.75, 3.05) is 39.2 Å². The van der Waals surface area contributed by atoms with Crippen LogP contribution in [0.5, 0.6) is 0 Å². The summed E-state index contributed by atoms with van der Waals surface area (Å²) in [6.45, 7) is 6.14. The number of aryl methyl sites for hydroxylation is 2. The maximum atomic E-state index is 5.11. The van der Waals surface area contributed by atoms with Gasteiger partial charge in [-0.2, -0.15) is 0 Å². The molecular weight excluding hydrogens is 240 g/mol. The molecule has 0 saturated carbocycles. The van der Waals surface area contributed by atoms with E-state index in [1.54, 1.807) is 7.11 Å². The second-order valence-electron chi connectivity index (χ2n) is 5.47. The van der Waals surface area contributed by atoms with Crippen molar-refractivity contribution in [1.82, 2.24) is 14.5 Å². The second-order valence-corrected chi connectivity index (χ2v) is 5.47. The molecule has 1 aromatic heterocycles. The first kappa shape index (κ1) is 14.3. The van der Waals surface area contributed by atoms with E-state index in [2.05, 4.69) is 33.0 Å². The van der Waals surface area contributed by atoms with Crippen molar-refractivity contribution in [3.8, 4) is 0 Å². The molecule has 5 heteroatoms. The highest BCUT2D eigenvalue weighted by atomic mass is 16.5. The lowest BCUT2D eigenvalue weighted by Gasteiger charge is -2.29. The fourth-order valence-corrected chi connectivity index (χ4v) is 2.55. The molecule has 1 fully saturated rings. The van der Waals surface area contributed by atoms with E-state index in [-0.39, 0.29) is 0 Å². The highest BCUT2D eigenvalue weighted by molar-refractivity contribution is 5.30. The predicted octanol–water partition coefficient (Wildman–Crippen LogP) is 1.73. The molecule has 1 aliphatic rings. The van der Waals surface area contributed by atoms with E-state index in [4.69, 9.17) is 4.74 Å². The third-order valence-electron chi connectivity index (χ3n) is 3.70. The molecule has 0 aliphatic carbocycles. The highest BCUT2D eigenvalue weighted by Gasteiger charge is 2.18. The molecule has 1 aromatic rings. The fraction of sp³-hybridized carbons (Fsp3) is 0.786. The molecule has 1 saturated heterocycles. The van der Waals surface area contributed by atoms with Gasteiger partial charge in [-0.3, -0.25) is 0 Å². The van der Waals surface area contributed by atoms with Gasteiger partial charge in [-0.15, -0.1) is 0 Å². The lowest BCUT2D eigenvalue weighted by Crippen LogP contribution is -2.37. The number of nitrogens with zero attached hydrogens (tertiary/aromatic N) is 3. The van der Waals surface area contributed by atoms with Crippen LogP contribution in [0.15, 0.2) is 6.20 Å². The molecule has 5 nitrogen and oxygen atoms in total. The van der Waals surface area contributed by atoms with Gasteiger partial charge in [0.2, 0.25) is 5.95 Å². The van der Waals surface area contributed by atoms with E-state index >= 15 is 0 Å². The van der Waals surface area contributed by atoms with Crippen molar-refractivity contribution in [1.29, 1.82) is 0 Å². The molecule has 19 heavy (non-hydrogen) atoms. The zero-order valence-electron chi connectivity index (χ0n) is 12.4. The summed E-state index contributed by atoms with van der Waals surface area (Å²) in [4.78, 5) is 6.98. The molecule has 2 rings (SSSR count). The number of nitrogens with one attached hydrogen (secondary N) is 1. The van der Waals surface area contributed by atoms with E-state index in [1.807, 2.05) is 6.92 Å². The number of aromatic nitrogens is 2. The van der Waals surface area contributed by atoms with Crippen LogP contribution in [0.2, 0.25) is 0 Å². The van der Waals surface area contributed by atoms with Crippen LogP contribution in [-0.2, 0) is 11.3 Å². The Kier molecular flexibility index (Phi) is 5.22. The van der Waals surface area contributed by atoms with Gasteiger partial charge in [0, 0.05) is 32.5 Å². The Bertz CT molecular complexity index is 383. The number of imidazole rings is 1. The topological polar surface area (TPSA) is 42.3 Å². The number of anilines is 1. The van der Waals surface area contributed by atoms with Crippen molar-refractivity contribution in [2.45, 2.75) is 38.8 Å². The third kappa shape index (κ3) is 4.21. The number of methoxy groups -OCH3 is 1. The number of ether oxygens (including phenoxy) is 1. The minimum atomic E-state index is 0.555. The molecular formula is C14H26N4O. The van der Waals surface area contributed by atoms with Crippen LogP contribution in [0, 0.1) is 6.92 Å². The average Bonchev–Trinajstić information content (AvgIpc) is 2.73.